The minimum Gasteiger partial charge on any atom is -0.507 e. The Morgan fingerprint density at radius 3 is 2.56 bits per heavy atom. The topological polar surface area (TPSA) is 89.3 Å². The molecule has 128 valence electrons. The van der Waals surface area contributed by atoms with E-state index in [-0.39, 0.29) is 21.8 Å². The van der Waals surface area contributed by atoms with Crippen LogP contribution in [-0.2, 0) is 10.0 Å². The van der Waals surface area contributed by atoms with E-state index in [9.17, 15) is 18.3 Å². The maximum absolute atomic E-state index is 12.8. The van der Waals surface area contributed by atoms with E-state index >= 15 is 0 Å². The maximum atomic E-state index is 12.8. The minimum absolute atomic E-state index is 0.0791. The van der Waals surface area contributed by atoms with Gasteiger partial charge in [0.15, 0.2) is 5.78 Å². The van der Waals surface area contributed by atoms with Crippen LogP contribution in [0.2, 0.25) is 0 Å². The highest BCUT2D eigenvalue weighted by Crippen LogP contribution is 2.22. The molecule has 25 heavy (non-hydrogen) atoms. The lowest BCUT2D eigenvalue weighted by atomic mass is 10.1. The SMILES string of the molecule is Cc1ccc(C)c(S(=O)(=O)n2cc(C(=O)c3ccccc3O)cn2)c1. The van der Waals surface area contributed by atoms with E-state index in [1.165, 1.54) is 18.3 Å². The van der Waals surface area contributed by atoms with E-state index in [2.05, 4.69) is 5.10 Å². The van der Waals surface area contributed by atoms with E-state index < -0.39 is 15.8 Å². The molecule has 0 radical (unpaired) electrons. The van der Waals surface area contributed by atoms with Gasteiger partial charge >= 0.3 is 0 Å². The van der Waals surface area contributed by atoms with Crippen molar-refractivity contribution < 1.29 is 18.3 Å². The van der Waals surface area contributed by atoms with Crippen molar-refractivity contribution in [2.24, 2.45) is 0 Å². The molecule has 0 saturated heterocycles. The third-order valence-corrected chi connectivity index (χ3v) is 5.53. The molecule has 6 nitrogen and oxygen atoms in total. The Hall–Kier alpha value is -2.93. The maximum Gasteiger partial charge on any atom is 0.283 e. The van der Waals surface area contributed by atoms with E-state index in [1.54, 1.807) is 38.1 Å². The summed E-state index contributed by atoms with van der Waals surface area (Å²) in [7, 11) is -3.91. The van der Waals surface area contributed by atoms with Crippen molar-refractivity contribution in [2.45, 2.75) is 18.7 Å². The Labute approximate surface area is 145 Å². The highest BCUT2D eigenvalue weighted by atomic mass is 32.2. The number of aromatic hydroxyl groups is 1. The fraction of sp³-hybridized carbons (Fsp3) is 0.111. The predicted molar refractivity (Wildman–Crippen MR) is 92.3 cm³/mol. The Kier molecular flexibility index (Phi) is 4.18. The molecule has 0 bridgehead atoms. The summed E-state index contributed by atoms with van der Waals surface area (Å²) in [5.41, 5.74) is 1.57. The first-order valence-corrected chi connectivity index (χ1v) is 8.95. The first-order valence-electron chi connectivity index (χ1n) is 7.51. The van der Waals surface area contributed by atoms with Gasteiger partial charge < -0.3 is 5.11 Å². The Morgan fingerprint density at radius 1 is 1.12 bits per heavy atom. The number of nitrogens with zero attached hydrogens (tertiary/aromatic N) is 2. The molecule has 2 aromatic carbocycles. The zero-order chi connectivity index (χ0) is 18.2. The van der Waals surface area contributed by atoms with Crippen LogP contribution in [0.4, 0.5) is 0 Å². The van der Waals surface area contributed by atoms with Crippen molar-refractivity contribution in [3.8, 4) is 5.75 Å². The van der Waals surface area contributed by atoms with Crippen molar-refractivity contribution in [1.82, 2.24) is 9.19 Å². The Bertz CT molecular complexity index is 1070. The molecular formula is C18H16N2O4S. The van der Waals surface area contributed by atoms with Gasteiger partial charge in [0.25, 0.3) is 10.0 Å². The van der Waals surface area contributed by atoms with Gasteiger partial charge in [-0.2, -0.15) is 17.6 Å². The second kappa shape index (κ2) is 6.18. The van der Waals surface area contributed by atoms with Gasteiger partial charge in [0.05, 0.1) is 28.4 Å². The highest BCUT2D eigenvalue weighted by molar-refractivity contribution is 7.89. The van der Waals surface area contributed by atoms with Gasteiger partial charge in [-0.15, -0.1) is 0 Å². The number of hydrogen-bond donors (Lipinski definition) is 1. The summed E-state index contributed by atoms with van der Waals surface area (Å²) in [6, 6.07) is 11.2. The molecule has 3 aromatic rings. The number of aromatic nitrogens is 2. The molecule has 3 rings (SSSR count). The van der Waals surface area contributed by atoms with Crippen molar-refractivity contribution in [3.05, 3.63) is 77.1 Å². The van der Waals surface area contributed by atoms with E-state index in [1.807, 2.05) is 6.07 Å². The van der Waals surface area contributed by atoms with Crippen LogP contribution in [-0.4, -0.2) is 28.5 Å². The normalized spacial score (nSPS) is 11.4. The smallest absolute Gasteiger partial charge is 0.283 e. The largest absolute Gasteiger partial charge is 0.507 e. The van der Waals surface area contributed by atoms with Crippen LogP contribution in [0.1, 0.15) is 27.0 Å². The van der Waals surface area contributed by atoms with Crippen LogP contribution in [0.15, 0.2) is 59.8 Å². The summed E-state index contributed by atoms with van der Waals surface area (Å²) >= 11 is 0. The van der Waals surface area contributed by atoms with E-state index in [4.69, 9.17) is 0 Å². The molecule has 0 unspecified atom stereocenters. The van der Waals surface area contributed by atoms with Crippen LogP contribution in [0.25, 0.3) is 0 Å². The van der Waals surface area contributed by atoms with Crippen LogP contribution in [0, 0.1) is 13.8 Å². The molecule has 0 spiro atoms. The number of carbonyl (C=O) groups excluding carboxylic acids is 1. The van der Waals surface area contributed by atoms with Gasteiger partial charge in [-0.3, -0.25) is 4.79 Å². The fourth-order valence-electron chi connectivity index (χ4n) is 2.46. The number of phenols is 1. The number of aryl methyl sites for hydroxylation is 2. The van der Waals surface area contributed by atoms with Crippen molar-refractivity contribution >= 4 is 15.8 Å². The van der Waals surface area contributed by atoms with Crippen molar-refractivity contribution in [1.29, 1.82) is 0 Å². The summed E-state index contributed by atoms with van der Waals surface area (Å²) in [4.78, 5) is 12.6. The minimum atomic E-state index is -3.91. The lowest BCUT2D eigenvalue weighted by Gasteiger charge is -2.08. The van der Waals surface area contributed by atoms with Gasteiger partial charge in [0, 0.05) is 0 Å². The van der Waals surface area contributed by atoms with Gasteiger partial charge in [-0.1, -0.05) is 24.3 Å². The molecule has 7 heteroatoms. The summed E-state index contributed by atoms with van der Waals surface area (Å²) in [6.07, 6.45) is 2.34. The molecule has 0 aliphatic heterocycles. The number of rotatable bonds is 4. The summed E-state index contributed by atoms with van der Waals surface area (Å²) in [5.74, 6) is -0.668. The highest BCUT2D eigenvalue weighted by Gasteiger charge is 2.23. The number of para-hydroxylation sites is 1. The molecule has 0 amide bonds. The van der Waals surface area contributed by atoms with Crippen LogP contribution in [0.5, 0.6) is 5.75 Å². The van der Waals surface area contributed by atoms with E-state index in [0.29, 0.717) is 5.56 Å². The zero-order valence-electron chi connectivity index (χ0n) is 13.7. The third-order valence-electron chi connectivity index (χ3n) is 3.84. The van der Waals surface area contributed by atoms with Gasteiger partial charge in [0.2, 0.25) is 0 Å². The van der Waals surface area contributed by atoms with Crippen LogP contribution < -0.4 is 0 Å². The van der Waals surface area contributed by atoms with Crippen LogP contribution >= 0.6 is 0 Å². The molecule has 0 saturated carbocycles. The average Bonchev–Trinajstić information content (AvgIpc) is 3.07. The Morgan fingerprint density at radius 2 is 1.84 bits per heavy atom. The molecule has 0 aliphatic rings. The Balaban J connectivity index is 2.03. The van der Waals surface area contributed by atoms with E-state index in [0.717, 1.165) is 15.8 Å². The van der Waals surface area contributed by atoms with Gasteiger partial charge in [-0.05, 0) is 43.2 Å². The van der Waals surface area contributed by atoms with Gasteiger partial charge in [-0.25, -0.2) is 0 Å². The second-order valence-electron chi connectivity index (χ2n) is 5.72. The molecule has 1 N–H and O–H groups in total. The number of hydrogen-bond acceptors (Lipinski definition) is 5. The first kappa shape index (κ1) is 16.9. The first-order chi connectivity index (χ1) is 11.8. The van der Waals surface area contributed by atoms with Crippen molar-refractivity contribution in [3.63, 3.8) is 0 Å². The van der Waals surface area contributed by atoms with Gasteiger partial charge in [0.1, 0.15) is 5.75 Å². The summed E-state index contributed by atoms with van der Waals surface area (Å²) in [6.45, 7) is 3.50. The second-order valence-corrected chi connectivity index (χ2v) is 7.49. The summed E-state index contributed by atoms with van der Waals surface area (Å²) < 4.78 is 26.4. The lowest BCUT2D eigenvalue weighted by Crippen LogP contribution is -2.15. The number of benzene rings is 2. The molecule has 0 aliphatic carbocycles. The third kappa shape index (κ3) is 3.06. The monoisotopic (exact) mass is 356 g/mol. The number of phenolic OH excluding ortho intramolecular Hbond substituents is 1. The predicted octanol–water partition coefficient (Wildman–Crippen LogP) is 2.67. The molecule has 0 fully saturated rings. The molecule has 1 aromatic heterocycles. The molecule has 1 heterocycles. The van der Waals surface area contributed by atoms with Crippen LogP contribution in [0.3, 0.4) is 0 Å². The molecular weight excluding hydrogens is 340 g/mol. The summed E-state index contributed by atoms with van der Waals surface area (Å²) in [5, 5.41) is 13.6. The quantitative estimate of drug-likeness (QED) is 0.726. The standard InChI is InChI=1S/C18H16N2O4S/c1-12-7-8-13(2)17(9-12)25(23,24)20-11-14(10-19-20)18(22)15-5-3-4-6-16(15)21/h3-11,21H,1-2H3. The lowest BCUT2D eigenvalue weighted by molar-refractivity contribution is 0.103. The zero-order valence-corrected chi connectivity index (χ0v) is 14.5. The average molecular weight is 356 g/mol. The number of ketones is 1. The fourth-order valence-corrected chi connectivity index (χ4v) is 3.90. The number of carbonyl (C=O) groups is 1. The van der Waals surface area contributed by atoms with Crippen molar-refractivity contribution in [2.75, 3.05) is 0 Å². The molecule has 0 atom stereocenters.